The number of nitrogens with one attached hydrogen (secondary N) is 3. The van der Waals surface area contributed by atoms with E-state index in [-0.39, 0.29) is 11.6 Å². The number of nitrogens with zero attached hydrogens (tertiary/aromatic N) is 2. The van der Waals surface area contributed by atoms with E-state index in [1.165, 1.54) is 0 Å². The van der Waals surface area contributed by atoms with Gasteiger partial charge in [-0.1, -0.05) is 135 Å². The van der Waals surface area contributed by atoms with Crippen LogP contribution in [0.5, 0.6) is 0 Å². The minimum Gasteiger partial charge on any atom is -0.376 e. The number of Topliss-reactive ketones (excluding diaryl/α,β-unsaturated/α-hetero) is 2. The molecule has 272 valence electrons. The Labute approximate surface area is 344 Å². The summed E-state index contributed by atoms with van der Waals surface area (Å²) in [5.41, 5.74) is 13.6. The molecule has 0 aliphatic rings. The number of carbonyl (C=O) groups is 2. The maximum absolute atomic E-state index is 11.2. The number of hydrogen-bond donors (Lipinski definition) is 4. The van der Waals surface area contributed by atoms with Crippen molar-refractivity contribution in [1.29, 1.82) is 0 Å². The molecule has 0 aliphatic carbocycles. The number of thiocarbonyl (C=S) groups is 1. The van der Waals surface area contributed by atoms with Crippen molar-refractivity contribution in [1.82, 2.24) is 9.97 Å². The van der Waals surface area contributed by atoms with Crippen LogP contribution in [0.25, 0.3) is 22.5 Å². The Kier molecular flexibility index (Phi) is 15.6. The van der Waals surface area contributed by atoms with Crippen molar-refractivity contribution in [3.63, 3.8) is 0 Å². The maximum Gasteiger partial charge on any atom is 0.187 e. The Morgan fingerprint density at radius 1 is 0.556 bits per heavy atom. The second kappa shape index (κ2) is 21.0. The molecule has 13 heteroatoms. The molecule has 5 N–H and O–H groups in total. The van der Waals surface area contributed by atoms with Gasteiger partial charge in [-0.15, -0.1) is 22.7 Å². The molecule has 7 aromatic rings. The van der Waals surface area contributed by atoms with Gasteiger partial charge in [-0.3, -0.25) is 9.59 Å². The molecule has 2 aromatic heterocycles. The average molecular weight is 899 g/mol. The maximum atomic E-state index is 11.2. The van der Waals surface area contributed by atoms with Crippen LogP contribution in [0.3, 0.4) is 0 Å². The fourth-order valence-corrected chi connectivity index (χ4v) is 6.93. The molecule has 0 fully saturated rings. The molecule has 5 aromatic carbocycles. The second-order valence-electron chi connectivity index (χ2n) is 11.2. The van der Waals surface area contributed by atoms with Gasteiger partial charge in [0.25, 0.3) is 0 Å². The number of thiazole rings is 2. The predicted octanol–water partition coefficient (Wildman–Crippen LogP) is 11.6. The predicted molar refractivity (Wildman–Crippen MR) is 238 cm³/mol. The fourth-order valence-electron chi connectivity index (χ4n) is 4.69. The van der Waals surface area contributed by atoms with Crippen molar-refractivity contribution in [2.75, 3.05) is 26.6 Å². The summed E-state index contributed by atoms with van der Waals surface area (Å²) in [4.78, 5) is 31.9. The fraction of sp³-hybridized carbons (Fsp3) is 0.0488. The third kappa shape index (κ3) is 12.5. The van der Waals surface area contributed by atoms with Gasteiger partial charge in [0.15, 0.2) is 26.9 Å². The van der Waals surface area contributed by atoms with Crippen molar-refractivity contribution in [2.45, 2.75) is 0 Å². The second-order valence-corrected chi connectivity index (χ2v) is 14.5. The summed E-state index contributed by atoms with van der Waals surface area (Å²) < 4.78 is 0. The summed E-state index contributed by atoms with van der Waals surface area (Å²) in [6.07, 6.45) is 0. The van der Waals surface area contributed by atoms with E-state index >= 15 is 0 Å². The van der Waals surface area contributed by atoms with Crippen molar-refractivity contribution >= 4 is 111 Å². The van der Waals surface area contributed by atoms with Crippen molar-refractivity contribution in [3.05, 3.63) is 161 Å². The van der Waals surface area contributed by atoms with E-state index in [2.05, 4.69) is 95.1 Å². The van der Waals surface area contributed by atoms with Crippen LogP contribution >= 0.6 is 66.8 Å². The zero-order valence-electron chi connectivity index (χ0n) is 28.6. The Bertz CT molecular complexity index is 2100. The molecule has 2 heterocycles. The topological polar surface area (TPSA) is 122 Å². The van der Waals surface area contributed by atoms with Gasteiger partial charge in [0, 0.05) is 50.1 Å². The molecular formula is C41H34Br2N6O2S3. The molecule has 0 amide bonds. The van der Waals surface area contributed by atoms with Crippen LogP contribution in [-0.2, 0) is 0 Å². The quantitative estimate of drug-likeness (QED) is 0.0571. The standard InChI is InChI=1S/C24H18N4S2.C10H8Br2O2.C7H8N2S/c1-3-7-19(8-4-1)25-23-27-21(15-29-23)17-11-13-18(14-12-17)22-16-30-24(28-22)26-20-9-5-2-6-10-20;11-5-9(13)7-1-2-8(4-3-7)10(14)6-12;8-7(10)9-6-4-2-1-3-5-6/h1-16H,(H,25,27)(H,26,28);1-4H,5-6H2;1-5H,(H3,8,9,10). The molecule has 0 atom stereocenters. The lowest BCUT2D eigenvalue weighted by Gasteiger charge is -2.02. The van der Waals surface area contributed by atoms with Crippen LogP contribution in [0, 0.1) is 0 Å². The van der Waals surface area contributed by atoms with Gasteiger partial charge in [-0.2, -0.15) is 0 Å². The minimum absolute atomic E-state index is 0.0165. The molecule has 54 heavy (non-hydrogen) atoms. The third-order valence-electron chi connectivity index (χ3n) is 7.35. The molecule has 0 unspecified atom stereocenters. The number of halogens is 2. The van der Waals surface area contributed by atoms with Gasteiger partial charge >= 0.3 is 0 Å². The first-order valence-corrected chi connectivity index (χ1v) is 20.8. The Morgan fingerprint density at radius 3 is 1.24 bits per heavy atom. The lowest BCUT2D eigenvalue weighted by molar-refractivity contribution is 0.101. The summed E-state index contributed by atoms with van der Waals surface area (Å²) in [7, 11) is 0. The number of ketones is 2. The Hall–Kier alpha value is -5.05. The number of carbonyl (C=O) groups excluding carboxylic acids is 2. The molecular weight excluding hydrogens is 864 g/mol. The van der Waals surface area contributed by atoms with Gasteiger partial charge in [0.05, 0.1) is 22.0 Å². The van der Waals surface area contributed by atoms with E-state index in [1.807, 2.05) is 91.0 Å². The number of benzene rings is 5. The SMILES string of the molecule is NC(=S)Nc1ccccc1.O=C(CBr)c1ccc(C(=O)CBr)cc1.c1ccc(Nc2nc(-c3ccc(-c4csc(Nc5ccccc5)n4)cc3)cs2)cc1. The van der Waals surface area contributed by atoms with Gasteiger partial charge in [0.1, 0.15) is 0 Å². The zero-order valence-corrected chi connectivity index (χ0v) is 34.2. The summed E-state index contributed by atoms with van der Waals surface area (Å²) in [5.74, 6) is 0.0330. The highest BCUT2D eigenvalue weighted by molar-refractivity contribution is 9.09. The number of aromatic nitrogens is 2. The highest BCUT2D eigenvalue weighted by Crippen LogP contribution is 2.31. The number of rotatable bonds is 11. The molecule has 0 spiro atoms. The first-order chi connectivity index (χ1) is 26.3. The van der Waals surface area contributed by atoms with Gasteiger partial charge in [0.2, 0.25) is 0 Å². The highest BCUT2D eigenvalue weighted by Gasteiger charge is 2.09. The molecule has 0 aliphatic heterocycles. The van der Waals surface area contributed by atoms with Crippen molar-refractivity contribution in [2.24, 2.45) is 5.73 Å². The number of alkyl halides is 2. The Morgan fingerprint density at radius 2 is 0.907 bits per heavy atom. The smallest absolute Gasteiger partial charge is 0.187 e. The third-order valence-corrected chi connectivity index (χ3v) is 9.98. The summed E-state index contributed by atoms with van der Waals surface area (Å²) >= 11 is 14.0. The number of nitrogens with two attached hydrogens (primary N) is 1. The van der Waals surface area contributed by atoms with E-state index < -0.39 is 0 Å². The zero-order chi connectivity index (χ0) is 38.1. The number of para-hydroxylation sites is 3. The normalized spacial score (nSPS) is 10.1. The minimum atomic E-state index is 0.0165. The number of anilines is 5. The van der Waals surface area contributed by atoms with Crippen LogP contribution in [0.1, 0.15) is 20.7 Å². The van der Waals surface area contributed by atoms with E-state index in [0.717, 1.165) is 49.8 Å². The highest BCUT2D eigenvalue weighted by atomic mass is 79.9. The molecule has 8 nitrogen and oxygen atoms in total. The van der Waals surface area contributed by atoms with Gasteiger partial charge in [-0.05, 0) is 48.6 Å². The lowest BCUT2D eigenvalue weighted by atomic mass is 10.1. The molecule has 0 radical (unpaired) electrons. The van der Waals surface area contributed by atoms with Crippen LogP contribution in [0.4, 0.5) is 27.3 Å². The van der Waals surface area contributed by atoms with Crippen molar-refractivity contribution < 1.29 is 9.59 Å². The molecule has 0 bridgehead atoms. The molecule has 0 saturated heterocycles. The van der Waals surface area contributed by atoms with Crippen LogP contribution < -0.4 is 21.7 Å². The largest absolute Gasteiger partial charge is 0.376 e. The summed E-state index contributed by atoms with van der Waals surface area (Å²) in [5, 5.41) is 16.3. The first-order valence-electron chi connectivity index (χ1n) is 16.4. The van der Waals surface area contributed by atoms with Gasteiger partial charge in [-0.25, -0.2) is 9.97 Å². The van der Waals surface area contributed by atoms with E-state index in [1.54, 1.807) is 46.9 Å². The van der Waals surface area contributed by atoms with E-state index in [0.29, 0.717) is 26.9 Å². The first kappa shape index (κ1) is 40.1. The van der Waals surface area contributed by atoms with Crippen LogP contribution in [0.15, 0.2) is 150 Å². The van der Waals surface area contributed by atoms with Crippen molar-refractivity contribution in [3.8, 4) is 22.5 Å². The average Bonchev–Trinajstić information content (AvgIpc) is 3.89. The van der Waals surface area contributed by atoms with E-state index in [4.69, 9.17) is 15.7 Å². The summed E-state index contributed by atoms with van der Waals surface area (Å²) in [6, 6.07) is 44.8. The Balaban J connectivity index is 0.000000193. The van der Waals surface area contributed by atoms with E-state index in [9.17, 15) is 9.59 Å². The lowest BCUT2D eigenvalue weighted by Crippen LogP contribution is -2.18. The number of hydrogen-bond acceptors (Lipinski definition) is 9. The van der Waals surface area contributed by atoms with Crippen LogP contribution in [-0.4, -0.2) is 37.3 Å². The monoisotopic (exact) mass is 896 g/mol. The van der Waals surface area contributed by atoms with Gasteiger partial charge < -0.3 is 21.7 Å². The van der Waals surface area contributed by atoms with Crippen LogP contribution in [0.2, 0.25) is 0 Å². The molecule has 0 saturated carbocycles. The summed E-state index contributed by atoms with van der Waals surface area (Å²) in [6.45, 7) is 0. The molecule has 7 rings (SSSR count).